The van der Waals surface area contributed by atoms with E-state index in [9.17, 15) is 4.79 Å². The van der Waals surface area contributed by atoms with Crippen molar-refractivity contribution < 1.29 is 14.3 Å². The number of piperidine rings is 1. The lowest BCUT2D eigenvalue weighted by Gasteiger charge is -2.28. The number of nitrogens with zero attached hydrogens (tertiary/aromatic N) is 2. The van der Waals surface area contributed by atoms with Crippen LogP contribution in [-0.2, 0) is 11.2 Å². The van der Waals surface area contributed by atoms with E-state index in [4.69, 9.17) is 9.47 Å². The van der Waals surface area contributed by atoms with E-state index < -0.39 is 0 Å². The molecule has 2 aromatic rings. The van der Waals surface area contributed by atoms with Gasteiger partial charge >= 0.3 is 0 Å². The fourth-order valence-corrected chi connectivity index (χ4v) is 3.63. The molecule has 0 aliphatic carbocycles. The van der Waals surface area contributed by atoms with Gasteiger partial charge in [0.1, 0.15) is 5.82 Å². The van der Waals surface area contributed by atoms with Crippen LogP contribution in [0.1, 0.15) is 37.7 Å². The van der Waals surface area contributed by atoms with Crippen molar-refractivity contribution in [1.29, 1.82) is 0 Å². The SMILES string of the molecule is O=C(CCc1ccc2c(c1)OCCCO2)Nc1ccc(N2CCCCC2)cn1. The fourth-order valence-electron chi connectivity index (χ4n) is 3.63. The number of aromatic nitrogens is 1. The Labute approximate surface area is 165 Å². The molecule has 0 radical (unpaired) electrons. The van der Waals surface area contributed by atoms with Crippen molar-refractivity contribution in [3.05, 3.63) is 42.1 Å². The summed E-state index contributed by atoms with van der Waals surface area (Å²) < 4.78 is 11.4. The Morgan fingerprint density at radius 1 is 1.00 bits per heavy atom. The third-order valence-electron chi connectivity index (χ3n) is 5.19. The van der Waals surface area contributed by atoms with Crippen molar-refractivity contribution in [1.82, 2.24) is 4.98 Å². The molecule has 1 aromatic carbocycles. The fraction of sp³-hybridized carbons (Fsp3) is 0.455. The van der Waals surface area contributed by atoms with Gasteiger partial charge in [-0.25, -0.2) is 4.98 Å². The summed E-state index contributed by atoms with van der Waals surface area (Å²) in [7, 11) is 0. The standard InChI is InChI=1S/C22H27N3O3/c26-22(10-6-17-5-8-19-20(15-17)28-14-4-13-27-19)24-21-9-7-18(16-23-21)25-11-2-1-3-12-25/h5,7-9,15-16H,1-4,6,10-14H2,(H,23,24,26). The van der Waals surface area contributed by atoms with Gasteiger partial charge in [0.2, 0.25) is 5.91 Å². The monoisotopic (exact) mass is 381 g/mol. The molecule has 1 amide bonds. The van der Waals surface area contributed by atoms with Crippen molar-refractivity contribution in [2.24, 2.45) is 0 Å². The van der Waals surface area contributed by atoms with Gasteiger partial charge in [-0.05, 0) is 55.5 Å². The van der Waals surface area contributed by atoms with Crippen molar-refractivity contribution in [2.45, 2.75) is 38.5 Å². The second-order valence-corrected chi connectivity index (χ2v) is 7.33. The van der Waals surface area contributed by atoms with Crippen molar-refractivity contribution in [2.75, 3.05) is 36.5 Å². The van der Waals surface area contributed by atoms with Crippen LogP contribution in [0.2, 0.25) is 0 Å². The second-order valence-electron chi connectivity index (χ2n) is 7.33. The lowest BCUT2D eigenvalue weighted by atomic mass is 10.1. The summed E-state index contributed by atoms with van der Waals surface area (Å²) in [6, 6.07) is 9.81. The van der Waals surface area contributed by atoms with Crippen LogP contribution in [-0.4, -0.2) is 37.2 Å². The molecule has 6 nitrogen and oxygen atoms in total. The zero-order chi connectivity index (χ0) is 19.2. The van der Waals surface area contributed by atoms with E-state index in [2.05, 4.69) is 15.2 Å². The van der Waals surface area contributed by atoms with Gasteiger partial charge in [-0.1, -0.05) is 6.07 Å². The van der Waals surface area contributed by atoms with E-state index >= 15 is 0 Å². The summed E-state index contributed by atoms with van der Waals surface area (Å²) in [6.07, 6.45) is 7.56. The molecule has 1 fully saturated rings. The second kappa shape index (κ2) is 8.95. The number of pyridine rings is 1. The molecule has 28 heavy (non-hydrogen) atoms. The minimum Gasteiger partial charge on any atom is -0.490 e. The van der Waals surface area contributed by atoms with Gasteiger partial charge in [-0.2, -0.15) is 0 Å². The summed E-state index contributed by atoms with van der Waals surface area (Å²) in [5.41, 5.74) is 2.19. The molecule has 1 saturated heterocycles. The number of hydrogen-bond donors (Lipinski definition) is 1. The molecule has 2 aliphatic rings. The first kappa shape index (κ1) is 18.6. The van der Waals surface area contributed by atoms with Crippen LogP contribution in [0.25, 0.3) is 0 Å². The van der Waals surface area contributed by atoms with Crippen LogP contribution >= 0.6 is 0 Å². The Morgan fingerprint density at radius 2 is 1.82 bits per heavy atom. The Morgan fingerprint density at radius 3 is 2.61 bits per heavy atom. The molecule has 3 heterocycles. The lowest BCUT2D eigenvalue weighted by molar-refractivity contribution is -0.116. The average molecular weight is 381 g/mol. The number of fused-ring (bicyclic) bond motifs is 1. The maximum atomic E-state index is 12.3. The molecule has 0 atom stereocenters. The predicted molar refractivity (Wildman–Crippen MR) is 109 cm³/mol. The molecular weight excluding hydrogens is 354 g/mol. The zero-order valence-electron chi connectivity index (χ0n) is 16.2. The van der Waals surface area contributed by atoms with Gasteiger partial charge in [0.15, 0.2) is 11.5 Å². The number of amides is 1. The van der Waals surface area contributed by atoms with E-state index in [0.717, 1.165) is 42.3 Å². The Kier molecular flexibility index (Phi) is 5.95. The van der Waals surface area contributed by atoms with Crippen LogP contribution in [0.4, 0.5) is 11.5 Å². The van der Waals surface area contributed by atoms with Crippen LogP contribution < -0.4 is 19.7 Å². The molecule has 148 valence electrons. The quantitative estimate of drug-likeness (QED) is 0.853. The maximum absolute atomic E-state index is 12.3. The summed E-state index contributed by atoms with van der Waals surface area (Å²) in [5, 5.41) is 2.89. The highest BCUT2D eigenvalue weighted by atomic mass is 16.5. The molecule has 4 rings (SSSR count). The molecule has 1 N–H and O–H groups in total. The van der Waals surface area contributed by atoms with E-state index in [0.29, 0.717) is 31.9 Å². The Balaban J connectivity index is 1.29. The van der Waals surface area contributed by atoms with E-state index in [1.54, 1.807) is 0 Å². The van der Waals surface area contributed by atoms with Gasteiger partial charge in [-0.3, -0.25) is 4.79 Å². The molecule has 0 bridgehead atoms. The number of ether oxygens (including phenoxy) is 2. The number of hydrogen-bond acceptors (Lipinski definition) is 5. The summed E-state index contributed by atoms with van der Waals surface area (Å²) in [6.45, 7) is 3.51. The number of nitrogens with one attached hydrogen (secondary N) is 1. The predicted octanol–water partition coefficient (Wildman–Crippen LogP) is 3.80. The average Bonchev–Trinajstić information content (AvgIpc) is 2.98. The molecule has 0 saturated carbocycles. The van der Waals surface area contributed by atoms with Gasteiger partial charge in [-0.15, -0.1) is 0 Å². The molecule has 0 unspecified atom stereocenters. The molecule has 1 aromatic heterocycles. The summed E-state index contributed by atoms with van der Waals surface area (Å²) in [5.74, 6) is 2.11. The highest BCUT2D eigenvalue weighted by Gasteiger charge is 2.13. The highest BCUT2D eigenvalue weighted by Crippen LogP contribution is 2.30. The minimum absolute atomic E-state index is 0.0367. The number of carbonyl (C=O) groups excluding carboxylic acids is 1. The normalized spacial score (nSPS) is 16.4. The van der Waals surface area contributed by atoms with E-state index in [1.807, 2.05) is 36.5 Å². The van der Waals surface area contributed by atoms with Gasteiger partial charge in [0, 0.05) is 25.9 Å². The van der Waals surface area contributed by atoms with Gasteiger partial charge < -0.3 is 19.7 Å². The topological polar surface area (TPSA) is 63.7 Å². The maximum Gasteiger partial charge on any atom is 0.225 e. The third-order valence-corrected chi connectivity index (χ3v) is 5.19. The first-order chi connectivity index (χ1) is 13.8. The lowest BCUT2D eigenvalue weighted by Crippen LogP contribution is -2.29. The Hall–Kier alpha value is -2.76. The molecular formula is C22H27N3O3. The summed E-state index contributed by atoms with van der Waals surface area (Å²) in [4.78, 5) is 19.1. The van der Waals surface area contributed by atoms with Crippen molar-refractivity contribution >= 4 is 17.4 Å². The third kappa shape index (κ3) is 4.74. The highest BCUT2D eigenvalue weighted by molar-refractivity contribution is 5.90. The largest absolute Gasteiger partial charge is 0.490 e. The first-order valence-corrected chi connectivity index (χ1v) is 10.2. The molecule has 0 spiro atoms. The molecule has 2 aliphatic heterocycles. The smallest absolute Gasteiger partial charge is 0.225 e. The Bertz CT molecular complexity index is 801. The van der Waals surface area contributed by atoms with Gasteiger partial charge in [0.05, 0.1) is 25.1 Å². The number of carbonyl (C=O) groups is 1. The minimum atomic E-state index is -0.0367. The van der Waals surface area contributed by atoms with Crippen molar-refractivity contribution in [3.8, 4) is 11.5 Å². The van der Waals surface area contributed by atoms with E-state index in [1.165, 1.54) is 19.3 Å². The first-order valence-electron chi connectivity index (χ1n) is 10.2. The zero-order valence-corrected chi connectivity index (χ0v) is 16.2. The van der Waals surface area contributed by atoms with Crippen LogP contribution in [0.5, 0.6) is 11.5 Å². The van der Waals surface area contributed by atoms with Crippen LogP contribution in [0, 0.1) is 0 Å². The number of benzene rings is 1. The van der Waals surface area contributed by atoms with Crippen molar-refractivity contribution in [3.63, 3.8) is 0 Å². The summed E-state index contributed by atoms with van der Waals surface area (Å²) >= 11 is 0. The number of anilines is 2. The number of aryl methyl sites for hydroxylation is 1. The van der Waals surface area contributed by atoms with Gasteiger partial charge in [0.25, 0.3) is 0 Å². The van der Waals surface area contributed by atoms with Crippen LogP contribution in [0.3, 0.4) is 0 Å². The number of rotatable bonds is 5. The van der Waals surface area contributed by atoms with E-state index in [-0.39, 0.29) is 5.91 Å². The molecule has 6 heteroatoms. The van der Waals surface area contributed by atoms with Crippen LogP contribution in [0.15, 0.2) is 36.5 Å².